The van der Waals surface area contributed by atoms with Gasteiger partial charge in [-0.2, -0.15) is 0 Å². The molecule has 0 saturated carbocycles. The smallest absolute Gasteiger partial charge is 0.316 e. The van der Waals surface area contributed by atoms with Crippen LogP contribution in [0.1, 0.15) is 6.92 Å². The van der Waals surface area contributed by atoms with E-state index < -0.39 is 11.2 Å². The van der Waals surface area contributed by atoms with E-state index in [0.717, 1.165) is 17.3 Å². The first-order valence-corrected chi connectivity index (χ1v) is 6.40. The van der Waals surface area contributed by atoms with E-state index in [1.54, 1.807) is 19.1 Å². The molecule has 18 heavy (non-hydrogen) atoms. The highest BCUT2D eigenvalue weighted by Gasteiger charge is 2.16. The molecule has 7 heteroatoms. The molecule has 0 spiro atoms. The number of benzene rings is 1. The van der Waals surface area contributed by atoms with E-state index in [9.17, 15) is 4.79 Å². The maximum Gasteiger partial charge on any atom is 0.316 e. The zero-order valence-corrected chi connectivity index (χ0v) is 11.0. The molecule has 0 radical (unpaired) electrons. The number of carbonyl (C=O) groups is 1. The molecule has 94 valence electrons. The van der Waals surface area contributed by atoms with Crippen molar-refractivity contribution in [2.45, 2.75) is 17.3 Å². The third-order valence-corrected chi connectivity index (χ3v) is 3.38. The minimum atomic E-state index is -0.894. The number of aliphatic carboxylic acids is 1. The van der Waals surface area contributed by atoms with Gasteiger partial charge in [0.2, 0.25) is 5.16 Å². The summed E-state index contributed by atoms with van der Waals surface area (Å²) in [6, 6.07) is 7.19. The molecule has 1 atom stereocenters. The second-order valence-corrected chi connectivity index (χ2v) is 5.32. The predicted molar refractivity (Wildman–Crippen MR) is 69.8 cm³/mol. The number of nitrogens with one attached hydrogen (secondary N) is 1. The fourth-order valence-corrected chi connectivity index (χ4v) is 2.12. The summed E-state index contributed by atoms with van der Waals surface area (Å²) in [6.07, 6.45) is 0. The molecule has 0 aliphatic rings. The first-order chi connectivity index (χ1) is 8.56. The summed E-state index contributed by atoms with van der Waals surface area (Å²) >= 11 is 6.97. The lowest BCUT2D eigenvalue weighted by Crippen LogP contribution is -2.11. The Morgan fingerprint density at radius 3 is 3.00 bits per heavy atom. The van der Waals surface area contributed by atoms with Crippen molar-refractivity contribution >= 4 is 29.3 Å². The van der Waals surface area contributed by atoms with Crippen LogP contribution in [-0.2, 0) is 4.79 Å². The normalized spacial score (nSPS) is 12.3. The van der Waals surface area contributed by atoms with E-state index in [1.807, 2.05) is 12.1 Å². The molecule has 0 fully saturated rings. The number of aromatic nitrogens is 3. The van der Waals surface area contributed by atoms with Crippen LogP contribution < -0.4 is 0 Å². The minimum absolute atomic E-state index is 0.403. The number of hydrogen-bond acceptors (Lipinski definition) is 4. The standard InChI is InChI=1S/C11H10ClN3O2S/c1-6(10(16)17)18-11-13-9(14-15-11)7-3-2-4-8(12)5-7/h2-6H,1H3,(H,16,17)(H,13,14,15). The van der Waals surface area contributed by atoms with Crippen molar-refractivity contribution in [3.63, 3.8) is 0 Å². The van der Waals surface area contributed by atoms with Crippen LogP contribution in [0, 0.1) is 0 Å². The second-order valence-electron chi connectivity index (χ2n) is 3.58. The second kappa shape index (κ2) is 5.41. The van der Waals surface area contributed by atoms with Gasteiger partial charge < -0.3 is 5.11 Å². The summed E-state index contributed by atoms with van der Waals surface area (Å²) in [7, 11) is 0. The van der Waals surface area contributed by atoms with Gasteiger partial charge in [-0.1, -0.05) is 35.5 Å². The maximum atomic E-state index is 10.7. The monoisotopic (exact) mass is 283 g/mol. The zero-order chi connectivity index (χ0) is 13.1. The van der Waals surface area contributed by atoms with Crippen molar-refractivity contribution in [2.75, 3.05) is 0 Å². The molecule has 0 amide bonds. The lowest BCUT2D eigenvalue weighted by molar-refractivity contribution is -0.136. The number of halogens is 1. The fourth-order valence-electron chi connectivity index (χ4n) is 1.27. The van der Waals surface area contributed by atoms with Crippen LogP contribution in [0.25, 0.3) is 11.4 Å². The van der Waals surface area contributed by atoms with Crippen LogP contribution in [0.3, 0.4) is 0 Å². The third kappa shape index (κ3) is 3.02. The van der Waals surface area contributed by atoms with Crippen LogP contribution in [0.15, 0.2) is 29.4 Å². The molecule has 1 unspecified atom stereocenters. The molecule has 0 bridgehead atoms. The number of H-pyrrole nitrogens is 1. The van der Waals surface area contributed by atoms with Crippen molar-refractivity contribution in [1.29, 1.82) is 0 Å². The number of hydrogen-bond donors (Lipinski definition) is 2. The summed E-state index contributed by atoms with van der Waals surface area (Å²) in [5, 5.41) is 15.9. The van der Waals surface area contributed by atoms with E-state index >= 15 is 0 Å². The highest BCUT2D eigenvalue weighted by atomic mass is 35.5. The van der Waals surface area contributed by atoms with Gasteiger partial charge in [-0.3, -0.25) is 9.89 Å². The van der Waals surface area contributed by atoms with E-state index in [2.05, 4.69) is 15.2 Å². The van der Waals surface area contributed by atoms with Crippen molar-refractivity contribution in [1.82, 2.24) is 15.2 Å². The molecule has 1 aromatic carbocycles. The Labute approximate surface area is 113 Å². The molecule has 0 saturated heterocycles. The summed E-state index contributed by atoms with van der Waals surface area (Å²) in [5.74, 6) is -0.327. The summed E-state index contributed by atoms with van der Waals surface area (Å²) in [4.78, 5) is 14.9. The van der Waals surface area contributed by atoms with Crippen LogP contribution in [0.2, 0.25) is 5.02 Å². The third-order valence-electron chi connectivity index (χ3n) is 2.19. The quantitative estimate of drug-likeness (QED) is 0.844. The number of thioether (sulfide) groups is 1. The highest BCUT2D eigenvalue weighted by Crippen LogP contribution is 2.24. The van der Waals surface area contributed by atoms with E-state index in [-0.39, 0.29) is 0 Å². The molecule has 1 aromatic heterocycles. The van der Waals surface area contributed by atoms with Crippen LogP contribution in [0.5, 0.6) is 0 Å². The Hall–Kier alpha value is -1.53. The Balaban J connectivity index is 2.18. The van der Waals surface area contributed by atoms with Gasteiger partial charge in [0, 0.05) is 10.6 Å². The highest BCUT2D eigenvalue weighted by molar-refractivity contribution is 8.00. The summed E-state index contributed by atoms with van der Waals surface area (Å²) in [5.41, 5.74) is 0.810. The number of carboxylic acids is 1. The van der Waals surface area contributed by atoms with Crippen LogP contribution >= 0.6 is 23.4 Å². The summed E-state index contributed by atoms with van der Waals surface area (Å²) < 4.78 is 0. The van der Waals surface area contributed by atoms with Gasteiger partial charge in [0.1, 0.15) is 5.25 Å². The van der Waals surface area contributed by atoms with E-state index in [1.165, 1.54) is 0 Å². The molecule has 5 nitrogen and oxygen atoms in total. The Morgan fingerprint density at radius 1 is 1.56 bits per heavy atom. The molecule has 2 rings (SSSR count). The van der Waals surface area contributed by atoms with Gasteiger partial charge >= 0.3 is 5.97 Å². The number of nitrogens with zero attached hydrogens (tertiary/aromatic N) is 2. The SMILES string of the molecule is CC(Sc1n[nH]c(-c2cccc(Cl)c2)n1)C(=O)O. The molecule has 0 aliphatic heterocycles. The van der Waals surface area contributed by atoms with E-state index in [0.29, 0.717) is 16.0 Å². The van der Waals surface area contributed by atoms with Gasteiger partial charge in [-0.25, -0.2) is 4.98 Å². The van der Waals surface area contributed by atoms with Gasteiger partial charge in [-0.15, -0.1) is 5.10 Å². The molecule has 0 aliphatic carbocycles. The molecule has 2 aromatic rings. The van der Waals surface area contributed by atoms with Crippen molar-refractivity contribution in [2.24, 2.45) is 0 Å². The minimum Gasteiger partial charge on any atom is -0.480 e. The average molecular weight is 284 g/mol. The van der Waals surface area contributed by atoms with Gasteiger partial charge in [0.15, 0.2) is 5.82 Å². The van der Waals surface area contributed by atoms with Crippen LogP contribution in [0.4, 0.5) is 0 Å². The van der Waals surface area contributed by atoms with Gasteiger partial charge in [0.25, 0.3) is 0 Å². The van der Waals surface area contributed by atoms with Gasteiger partial charge in [-0.05, 0) is 19.1 Å². The van der Waals surface area contributed by atoms with E-state index in [4.69, 9.17) is 16.7 Å². The van der Waals surface area contributed by atoms with Gasteiger partial charge in [0.05, 0.1) is 0 Å². The topological polar surface area (TPSA) is 78.9 Å². The predicted octanol–water partition coefficient (Wildman–Crippen LogP) is 2.69. The average Bonchev–Trinajstić information content (AvgIpc) is 2.77. The Kier molecular flexibility index (Phi) is 3.88. The van der Waals surface area contributed by atoms with Crippen molar-refractivity contribution < 1.29 is 9.90 Å². The number of aromatic amines is 1. The largest absolute Gasteiger partial charge is 0.480 e. The summed E-state index contributed by atoms with van der Waals surface area (Å²) in [6.45, 7) is 1.59. The Bertz CT molecular complexity index is 573. The molecule has 2 N–H and O–H groups in total. The van der Waals surface area contributed by atoms with Crippen molar-refractivity contribution in [3.8, 4) is 11.4 Å². The zero-order valence-electron chi connectivity index (χ0n) is 9.42. The first kappa shape index (κ1) is 12.9. The fraction of sp³-hybridized carbons (Fsp3) is 0.182. The molecular weight excluding hydrogens is 274 g/mol. The lowest BCUT2D eigenvalue weighted by Gasteiger charge is -2.00. The molecular formula is C11H10ClN3O2S. The lowest BCUT2D eigenvalue weighted by atomic mass is 10.2. The number of rotatable bonds is 4. The number of carboxylic acid groups (broad SMARTS) is 1. The first-order valence-electron chi connectivity index (χ1n) is 5.14. The van der Waals surface area contributed by atoms with Crippen LogP contribution in [-0.4, -0.2) is 31.5 Å². The molecule has 1 heterocycles. The van der Waals surface area contributed by atoms with Crippen molar-refractivity contribution in [3.05, 3.63) is 29.3 Å². The maximum absolute atomic E-state index is 10.7. The Morgan fingerprint density at radius 2 is 2.33 bits per heavy atom.